The van der Waals surface area contributed by atoms with Crippen LogP contribution in [0.4, 0.5) is 0 Å². The van der Waals surface area contributed by atoms with Crippen molar-refractivity contribution in [1.82, 2.24) is 0 Å². The fourth-order valence-corrected chi connectivity index (χ4v) is 2.54. The second-order valence-corrected chi connectivity index (χ2v) is 5.09. The van der Waals surface area contributed by atoms with Crippen molar-refractivity contribution >= 4 is 23.5 Å². The van der Waals surface area contributed by atoms with Crippen molar-refractivity contribution in [3.63, 3.8) is 0 Å². The van der Waals surface area contributed by atoms with Gasteiger partial charge in [0, 0.05) is 15.8 Å². The van der Waals surface area contributed by atoms with Gasteiger partial charge in [-0.15, -0.1) is 23.5 Å². The lowest BCUT2D eigenvalue weighted by Crippen LogP contribution is -2.18. The second-order valence-electron chi connectivity index (χ2n) is 3.36. The van der Waals surface area contributed by atoms with Gasteiger partial charge in [0.2, 0.25) is 0 Å². The number of hydrogen-bond donors (Lipinski definition) is 1. The molecule has 3 heteroatoms. The van der Waals surface area contributed by atoms with Crippen molar-refractivity contribution in [3.8, 4) is 0 Å². The van der Waals surface area contributed by atoms with Gasteiger partial charge in [-0.25, -0.2) is 0 Å². The molecule has 0 amide bonds. The molecule has 0 fully saturated rings. The molecule has 0 aliphatic heterocycles. The molecular formula is C11H17NS2. The molecule has 0 saturated heterocycles. The highest BCUT2D eigenvalue weighted by Crippen LogP contribution is 2.26. The van der Waals surface area contributed by atoms with Crippen molar-refractivity contribution in [2.75, 3.05) is 12.5 Å². The summed E-state index contributed by atoms with van der Waals surface area (Å²) in [4.78, 5) is 2.68. The van der Waals surface area contributed by atoms with Crippen molar-refractivity contribution < 1.29 is 0 Å². The molecule has 1 aromatic rings. The van der Waals surface area contributed by atoms with Gasteiger partial charge in [0.25, 0.3) is 0 Å². The van der Waals surface area contributed by atoms with Gasteiger partial charge < -0.3 is 5.73 Å². The van der Waals surface area contributed by atoms with Crippen LogP contribution in [0.15, 0.2) is 28.0 Å². The first-order valence-corrected chi connectivity index (χ1v) is 7.08. The van der Waals surface area contributed by atoms with Crippen LogP contribution < -0.4 is 5.73 Å². The Morgan fingerprint density at radius 2 is 2.00 bits per heavy atom. The van der Waals surface area contributed by atoms with Gasteiger partial charge in [-0.2, -0.15) is 0 Å². The monoisotopic (exact) mass is 227 g/mol. The fraction of sp³-hybridized carbons (Fsp3) is 0.455. The average molecular weight is 227 g/mol. The number of thioether (sulfide) groups is 2. The van der Waals surface area contributed by atoms with E-state index in [1.54, 1.807) is 23.5 Å². The van der Waals surface area contributed by atoms with Gasteiger partial charge in [0.05, 0.1) is 0 Å². The van der Waals surface area contributed by atoms with Crippen LogP contribution in [0.25, 0.3) is 0 Å². The lowest BCUT2D eigenvalue weighted by Gasteiger charge is -2.10. The van der Waals surface area contributed by atoms with Crippen LogP contribution in [0, 0.1) is 0 Å². The molecular weight excluding hydrogens is 210 g/mol. The Morgan fingerprint density at radius 3 is 2.50 bits per heavy atom. The molecule has 1 nitrogen and oxygen atoms in total. The molecule has 1 atom stereocenters. The minimum Gasteiger partial charge on any atom is -0.328 e. The first-order chi connectivity index (χ1) is 6.67. The predicted octanol–water partition coefficient (Wildman–Crippen LogP) is 3.02. The van der Waals surface area contributed by atoms with Crippen LogP contribution in [0.3, 0.4) is 0 Å². The van der Waals surface area contributed by atoms with Crippen LogP contribution >= 0.6 is 23.5 Å². The summed E-state index contributed by atoms with van der Waals surface area (Å²) in [5.74, 6) is 0. The number of rotatable bonds is 4. The molecule has 0 aliphatic carbocycles. The number of benzene rings is 1. The maximum absolute atomic E-state index is 5.80. The Labute approximate surface area is 94.8 Å². The molecule has 1 rings (SSSR count). The molecule has 0 bridgehead atoms. The summed E-state index contributed by atoms with van der Waals surface area (Å²) in [7, 11) is 0. The highest BCUT2D eigenvalue weighted by atomic mass is 32.2. The summed E-state index contributed by atoms with van der Waals surface area (Å²) < 4.78 is 0. The lowest BCUT2D eigenvalue weighted by atomic mass is 10.1. The average Bonchev–Trinajstić information content (AvgIpc) is 2.17. The molecule has 14 heavy (non-hydrogen) atoms. The van der Waals surface area contributed by atoms with E-state index >= 15 is 0 Å². The number of hydrogen-bond acceptors (Lipinski definition) is 3. The van der Waals surface area contributed by atoms with Crippen LogP contribution in [0.5, 0.6) is 0 Å². The predicted molar refractivity (Wildman–Crippen MR) is 67.4 cm³/mol. The summed E-state index contributed by atoms with van der Waals surface area (Å²) in [6.07, 6.45) is 5.18. The zero-order valence-corrected chi connectivity index (χ0v) is 10.5. The van der Waals surface area contributed by atoms with E-state index in [1.807, 2.05) is 6.92 Å². The molecule has 0 aliphatic rings. The fourth-order valence-electron chi connectivity index (χ4n) is 1.37. The first-order valence-electron chi connectivity index (χ1n) is 4.64. The van der Waals surface area contributed by atoms with Gasteiger partial charge in [0.15, 0.2) is 0 Å². The minimum atomic E-state index is 0.237. The Kier molecular flexibility index (Phi) is 4.85. The van der Waals surface area contributed by atoms with E-state index in [0.29, 0.717) is 0 Å². The molecule has 78 valence electrons. The maximum atomic E-state index is 5.80. The van der Waals surface area contributed by atoms with Gasteiger partial charge in [0.1, 0.15) is 0 Å². The third-order valence-corrected chi connectivity index (χ3v) is 3.58. The van der Waals surface area contributed by atoms with Crippen molar-refractivity contribution in [2.24, 2.45) is 5.73 Å². The SMILES string of the molecule is CSc1ccc(CC(C)N)c(SC)c1. The second kappa shape index (κ2) is 5.69. The third-order valence-electron chi connectivity index (χ3n) is 2.04. The van der Waals surface area contributed by atoms with Gasteiger partial charge in [-0.3, -0.25) is 0 Å². The summed E-state index contributed by atoms with van der Waals surface area (Å²) in [6, 6.07) is 6.84. The van der Waals surface area contributed by atoms with Crippen LogP contribution in [-0.2, 0) is 6.42 Å². The lowest BCUT2D eigenvalue weighted by molar-refractivity contribution is 0.728. The van der Waals surface area contributed by atoms with Crippen LogP contribution in [-0.4, -0.2) is 18.6 Å². The zero-order chi connectivity index (χ0) is 10.6. The maximum Gasteiger partial charge on any atom is 0.0113 e. The van der Waals surface area contributed by atoms with Crippen molar-refractivity contribution in [2.45, 2.75) is 29.2 Å². The van der Waals surface area contributed by atoms with E-state index in [9.17, 15) is 0 Å². The molecule has 0 aromatic heterocycles. The summed E-state index contributed by atoms with van der Waals surface area (Å²) >= 11 is 3.58. The van der Waals surface area contributed by atoms with E-state index in [-0.39, 0.29) is 6.04 Å². The Balaban J connectivity index is 2.93. The van der Waals surface area contributed by atoms with E-state index in [1.165, 1.54) is 15.4 Å². The summed E-state index contributed by atoms with van der Waals surface area (Å²) in [6.45, 7) is 2.05. The molecule has 0 spiro atoms. The zero-order valence-electron chi connectivity index (χ0n) is 8.91. The molecule has 0 radical (unpaired) electrons. The van der Waals surface area contributed by atoms with Gasteiger partial charge in [-0.1, -0.05) is 6.07 Å². The minimum absolute atomic E-state index is 0.237. The first kappa shape index (κ1) is 12.0. The smallest absolute Gasteiger partial charge is 0.0113 e. The van der Waals surface area contributed by atoms with Gasteiger partial charge in [-0.05, 0) is 43.6 Å². The third kappa shape index (κ3) is 3.23. The molecule has 1 unspecified atom stereocenters. The quantitative estimate of drug-likeness (QED) is 0.801. The Bertz CT molecular complexity index is 297. The molecule has 0 saturated carbocycles. The molecule has 1 aromatic carbocycles. The standard InChI is InChI=1S/C11H17NS2/c1-8(12)6-9-4-5-10(13-2)7-11(9)14-3/h4-5,7-8H,6,12H2,1-3H3. The Hall–Kier alpha value is -0.120. The van der Waals surface area contributed by atoms with E-state index in [2.05, 4.69) is 30.7 Å². The largest absolute Gasteiger partial charge is 0.328 e. The summed E-state index contributed by atoms with van der Waals surface area (Å²) in [5, 5.41) is 0. The highest BCUT2D eigenvalue weighted by Gasteiger charge is 2.04. The highest BCUT2D eigenvalue weighted by molar-refractivity contribution is 7.99. The summed E-state index contributed by atoms with van der Waals surface area (Å²) in [5.41, 5.74) is 7.17. The van der Waals surface area contributed by atoms with E-state index in [0.717, 1.165) is 6.42 Å². The number of nitrogens with two attached hydrogens (primary N) is 1. The van der Waals surface area contributed by atoms with Crippen molar-refractivity contribution in [1.29, 1.82) is 0 Å². The van der Waals surface area contributed by atoms with E-state index in [4.69, 9.17) is 5.73 Å². The van der Waals surface area contributed by atoms with Crippen LogP contribution in [0.1, 0.15) is 12.5 Å². The van der Waals surface area contributed by atoms with Gasteiger partial charge >= 0.3 is 0 Å². The topological polar surface area (TPSA) is 26.0 Å². The normalized spacial score (nSPS) is 12.9. The molecule has 0 heterocycles. The molecule has 2 N–H and O–H groups in total. The van der Waals surface area contributed by atoms with Crippen LogP contribution in [0.2, 0.25) is 0 Å². The van der Waals surface area contributed by atoms with Crippen molar-refractivity contribution in [3.05, 3.63) is 23.8 Å². The van der Waals surface area contributed by atoms with E-state index < -0.39 is 0 Å². The Morgan fingerprint density at radius 1 is 1.29 bits per heavy atom.